The third-order valence-electron chi connectivity index (χ3n) is 4.24. The molecule has 1 aliphatic rings. The molecule has 0 radical (unpaired) electrons. The van der Waals surface area contributed by atoms with Gasteiger partial charge in [0.25, 0.3) is 5.91 Å². The average molecular weight is 275 g/mol. The van der Waals surface area contributed by atoms with Gasteiger partial charge in [0.2, 0.25) is 0 Å². The van der Waals surface area contributed by atoms with E-state index < -0.39 is 0 Å². The lowest BCUT2D eigenvalue weighted by Crippen LogP contribution is -2.42. The highest BCUT2D eigenvalue weighted by Gasteiger charge is 2.27. The summed E-state index contributed by atoms with van der Waals surface area (Å²) in [5.41, 5.74) is 4.07. The number of likely N-dealkylation sites (tertiary alicyclic amines) is 1. The number of amides is 1. The molecule has 2 rings (SSSR count). The van der Waals surface area contributed by atoms with Crippen molar-refractivity contribution in [3.05, 3.63) is 34.4 Å². The first-order valence-electron chi connectivity index (χ1n) is 7.54. The maximum absolute atomic E-state index is 12.9. The lowest BCUT2D eigenvalue weighted by atomic mass is 9.98. The number of carbonyl (C=O) groups excluding carboxylic acids is 1. The molecule has 1 N–H and O–H groups in total. The van der Waals surface area contributed by atoms with Crippen molar-refractivity contribution in [2.24, 2.45) is 0 Å². The van der Waals surface area contributed by atoms with Crippen LogP contribution in [0.3, 0.4) is 0 Å². The van der Waals surface area contributed by atoms with Crippen LogP contribution in [0.2, 0.25) is 0 Å². The summed E-state index contributed by atoms with van der Waals surface area (Å²) in [5.74, 6) is 0.0842. The molecule has 1 amide bonds. The van der Waals surface area contributed by atoms with Gasteiger partial charge in [-0.1, -0.05) is 30.5 Å². The van der Waals surface area contributed by atoms with Crippen LogP contribution in [0.4, 0.5) is 0 Å². The minimum Gasteiger partial charge on any atom is -0.394 e. The van der Waals surface area contributed by atoms with Crippen LogP contribution in [-0.2, 0) is 0 Å². The number of aliphatic hydroxyl groups excluding tert-OH is 1. The number of benzene rings is 1. The van der Waals surface area contributed by atoms with Gasteiger partial charge in [0, 0.05) is 12.1 Å². The number of hydrogen-bond donors (Lipinski definition) is 1. The van der Waals surface area contributed by atoms with Crippen molar-refractivity contribution in [3.63, 3.8) is 0 Å². The molecule has 3 nitrogen and oxygen atoms in total. The Hall–Kier alpha value is -1.35. The van der Waals surface area contributed by atoms with E-state index in [1.165, 1.54) is 5.56 Å². The fourth-order valence-electron chi connectivity index (χ4n) is 3.30. The van der Waals surface area contributed by atoms with Gasteiger partial charge in [0.15, 0.2) is 0 Å². The average Bonchev–Trinajstić information content (AvgIpc) is 2.62. The predicted molar refractivity (Wildman–Crippen MR) is 81.0 cm³/mol. The molecule has 1 aliphatic heterocycles. The maximum atomic E-state index is 12.9. The van der Waals surface area contributed by atoms with E-state index in [2.05, 4.69) is 19.1 Å². The van der Waals surface area contributed by atoms with Gasteiger partial charge in [-0.2, -0.15) is 0 Å². The smallest absolute Gasteiger partial charge is 0.254 e. The first-order chi connectivity index (χ1) is 9.54. The Morgan fingerprint density at radius 1 is 1.20 bits per heavy atom. The van der Waals surface area contributed by atoms with Crippen molar-refractivity contribution >= 4 is 5.91 Å². The number of aliphatic hydroxyl groups is 1. The SMILES string of the molecule is Cc1cc(C)c(C(=O)N2CCCCCC2CO)c(C)c1. The fraction of sp³-hybridized carbons (Fsp3) is 0.588. The van der Waals surface area contributed by atoms with E-state index in [0.717, 1.165) is 48.9 Å². The van der Waals surface area contributed by atoms with Crippen LogP contribution in [0.5, 0.6) is 0 Å². The van der Waals surface area contributed by atoms with Crippen molar-refractivity contribution < 1.29 is 9.90 Å². The van der Waals surface area contributed by atoms with Crippen molar-refractivity contribution in [1.29, 1.82) is 0 Å². The Morgan fingerprint density at radius 2 is 1.85 bits per heavy atom. The van der Waals surface area contributed by atoms with Gasteiger partial charge in [0.1, 0.15) is 0 Å². The van der Waals surface area contributed by atoms with Crippen LogP contribution in [0, 0.1) is 20.8 Å². The number of rotatable bonds is 2. The number of aryl methyl sites for hydroxylation is 3. The molecular formula is C17H25NO2. The highest BCUT2D eigenvalue weighted by molar-refractivity contribution is 5.97. The van der Waals surface area contributed by atoms with Gasteiger partial charge < -0.3 is 10.0 Å². The second kappa shape index (κ2) is 6.40. The molecule has 1 fully saturated rings. The molecule has 1 heterocycles. The normalized spacial score (nSPS) is 19.8. The highest BCUT2D eigenvalue weighted by atomic mass is 16.3. The molecular weight excluding hydrogens is 250 g/mol. The van der Waals surface area contributed by atoms with Crippen molar-refractivity contribution in [2.45, 2.75) is 52.5 Å². The fourth-order valence-corrected chi connectivity index (χ4v) is 3.30. The molecule has 0 aliphatic carbocycles. The van der Waals surface area contributed by atoms with E-state index >= 15 is 0 Å². The third-order valence-corrected chi connectivity index (χ3v) is 4.24. The molecule has 3 heteroatoms. The molecule has 1 aromatic rings. The van der Waals surface area contributed by atoms with Crippen molar-refractivity contribution in [3.8, 4) is 0 Å². The van der Waals surface area contributed by atoms with Gasteiger partial charge in [-0.25, -0.2) is 0 Å². The van der Waals surface area contributed by atoms with Gasteiger partial charge >= 0.3 is 0 Å². The minimum absolute atomic E-state index is 0.0231. The topological polar surface area (TPSA) is 40.5 Å². The lowest BCUT2D eigenvalue weighted by Gasteiger charge is -2.30. The molecule has 1 aromatic carbocycles. The minimum atomic E-state index is -0.0231. The largest absolute Gasteiger partial charge is 0.394 e. The van der Waals surface area contributed by atoms with Crippen LogP contribution in [0.25, 0.3) is 0 Å². The third kappa shape index (κ3) is 3.04. The molecule has 1 saturated heterocycles. The van der Waals surface area contributed by atoms with E-state index in [1.807, 2.05) is 18.7 Å². The summed E-state index contributed by atoms with van der Waals surface area (Å²) in [6, 6.07) is 4.10. The van der Waals surface area contributed by atoms with E-state index in [4.69, 9.17) is 0 Å². The van der Waals surface area contributed by atoms with E-state index in [-0.39, 0.29) is 18.6 Å². The van der Waals surface area contributed by atoms with Gasteiger partial charge in [-0.05, 0) is 44.7 Å². The Morgan fingerprint density at radius 3 is 2.45 bits per heavy atom. The Labute approximate surface area is 121 Å². The van der Waals surface area contributed by atoms with Crippen LogP contribution in [0.1, 0.15) is 52.7 Å². The van der Waals surface area contributed by atoms with Crippen LogP contribution in [-0.4, -0.2) is 35.1 Å². The first-order valence-corrected chi connectivity index (χ1v) is 7.54. The zero-order valence-electron chi connectivity index (χ0n) is 12.8. The second-order valence-corrected chi connectivity index (χ2v) is 5.96. The van der Waals surface area contributed by atoms with E-state index in [0.29, 0.717) is 0 Å². The van der Waals surface area contributed by atoms with Gasteiger partial charge in [-0.3, -0.25) is 4.79 Å². The Bertz CT molecular complexity index is 473. The van der Waals surface area contributed by atoms with Crippen LogP contribution in [0.15, 0.2) is 12.1 Å². The molecule has 0 saturated carbocycles. The molecule has 20 heavy (non-hydrogen) atoms. The Kier molecular flexibility index (Phi) is 4.81. The van der Waals surface area contributed by atoms with Crippen molar-refractivity contribution in [2.75, 3.05) is 13.2 Å². The zero-order chi connectivity index (χ0) is 14.7. The lowest BCUT2D eigenvalue weighted by molar-refractivity contribution is 0.0598. The first kappa shape index (κ1) is 15.0. The summed E-state index contributed by atoms with van der Waals surface area (Å²) in [6.45, 7) is 6.88. The standard InChI is InChI=1S/C17H25NO2/c1-12-9-13(2)16(14(3)10-12)17(20)18-8-6-4-5-7-15(18)11-19/h9-10,15,19H,4-8,11H2,1-3H3. The summed E-state index contributed by atoms with van der Waals surface area (Å²) >= 11 is 0. The summed E-state index contributed by atoms with van der Waals surface area (Å²) < 4.78 is 0. The summed E-state index contributed by atoms with van der Waals surface area (Å²) in [5, 5.41) is 9.57. The monoisotopic (exact) mass is 275 g/mol. The van der Waals surface area contributed by atoms with Crippen LogP contribution >= 0.6 is 0 Å². The number of carbonyl (C=O) groups is 1. The maximum Gasteiger partial charge on any atom is 0.254 e. The zero-order valence-corrected chi connectivity index (χ0v) is 12.8. The molecule has 110 valence electrons. The summed E-state index contributed by atoms with van der Waals surface area (Å²) in [4.78, 5) is 14.8. The van der Waals surface area contributed by atoms with Crippen molar-refractivity contribution in [1.82, 2.24) is 4.90 Å². The number of nitrogens with zero attached hydrogens (tertiary/aromatic N) is 1. The van der Waals surface area contributed by atoms with Gasteiger partial charge in [0.05, 0.1) is 12.6 Å². The van der Waals surface area contributed by atoms with E-state index in [1.54, 1.807) is 0 Å². The molecule has 0 aromatic heterocycles. The quantitative estimate of drug-likeness (QED) is 0.901. The van der Waals surface area contributed by atoms with E-state index in [9.17, 15) is 9.90 Å². The predicted octanol–water partition coefficient (Wildman–Crippen LogP) is 2.99. The van der Waals surface area contributed by atoms with Gasteiger partial charge in [-0.15, -0.1) is 0 Å². The number of hydrogen-bond acceptors (Lipinski definition) is 2. The molecule has 1 atom stereocenters. The molecule has 0 spiro atoms. The summed E-state index contributed by atoms with van der Waals surface area (Å²) in [6.07, 6.45) is 4.19. The second-order valence-electron chi connectivity index (χ2n) is 5.96. The Balaban J connectivity index is 2.34. The molecule has 0 bridgehead atoms. The highest BCUT2D eigenvalue weighted by Crippen LogP contribution is 2.23. The summed E-state index contributed by atoms with van der Waals surface area (Å²) in [7, 11) is 0. The van der Waals surface area contributed by atoms with Crippen LogP contribution < -0.4 is 0 Å². The molecule has 1 unspecified atom stereocenters.